The van der Waals surface area contributed by atoms with Crippen molar-refractivity contribution in [1.82, 2.24) is 0 Å². The van der Waals surface area contributed by atoms with Gasteiger partial charge < -0.3 is 9.47 Å². The normalized spacial score (nSPS) is 10.8. The SMILES string of the molecule is O=C(CCl)Oc1c2ccccc2c(OC(=O)CCl)c2ccccc12. The van der Waals surface area contributed by atoms with E-state index in [2.05, 4.69) is 0 Å². The molecule has 0 aliphatic rings. The fourth-order valence-corrected chi connectivity index (χ4v) is 2.66. The zero-order valence-corrected chi connectivity index (χ0v) is 13.9. The molecule has 3 rings (SSSR count). The summed E-state index contributed by atoms with van der Waals surface area (Å²) in [5.74, 6) is -0.859. The summed E-state index contributed by atoms with van der Waals surface area (Å²) in [6.07, 6.45) is 0. The number of carbonyl (C=O) groups excluding carboxylic acids is 2. The lowest BCUT2D eigenvalue weighted by Gasteiger charge is -2.15. The minimum atomic E-state index is -0.558. The molecule has 0 fully saturated rings. The Hall–Kier alpha value is -2.30. The average Bonchev–Trinajstić information content (AvgIpc) is 2.63. The first kappa shape index (κ1) is 16.6. The molecule has 0 amide bonds. The molecule has 0 bridgehead atoms. The second-order valence-electron chi connectivity index (χ2n) is 4.96. The molecule has 0 saturated heterocycles. The fourth-order valence-electron chi connectivity index (χ4n) is 2.55. The van der Waals surface area contributed by atoms with Crippen molar-refractivity contribution in [1.29, 1.82) is 0 Å². The molecule has 3 aromatic rings. The van der Waals surface area contributed by atoms with Crippen LogP contribution in [0.1, 0.15) is 0 Å². The van der Waals surface area contributed by atoms with Crippen LogP contribution in [-0.4, -0.2) is 23.7 Å². The van der Waals surface area contributed by atoms with Crippen LogP contribution in [0.15, 0.2) is 48.5 Å². The second kappa shape index (κ2) is 7.07. The molecule has 3 aromatic carbocycles. The molecular formula is C18H12Cl2O4. The van der Waals surface area contributed by atoms with Crippen molar-refractivity contribution in [2.24, 2.45) is 0 Å². The molecule has 0 unspecified atom stereocenters. The lowest BCUT2D eigenvalue weighted by atomic mass is 10.0. The highest BCUT2D eigenvalue weighted by Crippen LogP contribution is 2.42. The summed E-state index contributed by atoms with van der Waals surface area (Å²) in [7, 11) is 0. The fraction of sp³-hybridized carbons (Fsp3) is 0.111. The van der Waals surface area contributed by atoms with Crippen LogP contribution in [-0.2, 0) is 9.59 Å². The zero-order chi connectivity index (χ0) is 17.1. The second-order valence-corrected chi connectivity index (χ2v) is 5.50. The number of hydrogen-bond donors (Lipinski definition) is 0. The summed E-state index contributed by atoms with van der Waals surface area (Å²) in [5, 5.41) is 2.58. The molecule has 4 nitrogen and oxygen atoms in total. The minimum Gasteiger partial charge on any atom is -0.424 e. The van der Waals surface area contributed by atoms with E-state index in [1.54, 1.807) is 24.3 Å². The lowest BCUT2D eigenvalue weighted by Crippen LogP contribution is -2.12. The third-order valence-electron chi connectivity index (χ3n) is 3.48. The van der Waals surface area contributed by atoms with E-state index in [0.29, 0.717) is 33.0 Å². The van der Waals surface area contributed by atoms with Gasteiger partial charge in [0.25, 0.3) is 0 Å². The van der Waals surface area contributed by atoms with Gasteiger partial charge in [0.05, 0.1) is 0 Å². The largest absolute Gasteiger partial charge is 0.424 e. The predicted octanol–water partition coefficient (Wildman–Crippen LogP) is 4.28. The predicted molar refractivity (Wildman–Crippen MR) is 94.2 cm³/mol. The van der Waals surface area contributed by atoms with Gasteiger partial charge in [-0.2, -0.15) is 0 Å². The van der Waals surface area contributed by atoms with Gasteiger partial charge in [-0.15, -0.1) is 23.2 Å². The minimum absolute atomic E-state index is 0.258. The van der Waals surface area contributed by atoms with Gasteiger partial charge in [0, 0.05) is 21.5 Å². The summed E-state index contributed by atoms with van der Waals surface area (Å²) >= 11 is 11.1. The van der Waals surface area contributed by atoms with Crippen LogP contribution in [0.3, 0.4) is 0 Å². The van der Waals surface area contributed by atoms with Gasteiger partial charge in [0.2, 0.25) is 0 Å². The highest BCUT2D eigenvalue weighted by atomic mass is 35.5. The van der Waals surface area contributed by atoms with Crippen LogP contribution in [0.25, 0.3) is 21.5 Å². The molecule has 6 heteroatoms. The first-order valence-electron chi connectivity index (χ1n) is 7.12. The van der Waals surface area contributed by atoms with Crippen molar-refractivity contribution in [3.05, 3.63) is 48.5 Å². The Morgan fingerprint density at radius 2 is 0.958 bits per heavy atom. The molecule has 0 spiro atoms. The van der Waals surface area contributed by atoms with Gasteiger partial charge in [-0.3, -0.25) is 9.59 Å². The summed E-state index contributed by atoms with van der Waals surface area (Å²) in [6.45, 7) is 0. The number of esters is 2. The number of benzene rings is 3. The molecular weight excluding hydrogens is 351 g/mol. The Morgan fingerprint density at radius 1 is 0.667 bits per heavy atom. The standard InChI is InChI=1S/C18H12Cl2O4/c19-9-15(21)23-17-11-5-1-2-6-12(11)18(24-16(22)10-20)14-8-4-3-7-13(14)17/h1-8H,9-10H2. The van der Waals surface area contributed by atoms with E-state index in [-0.39, 0.29) is 11.8 Å². The molecule has 0 aliphatic carbocycles. The molecule has 0 radical (unpaired) electrons. The van der Waals surface area contributed by atoms with Crippen molar-refractivity contribution in [2.75, 3.05) is 11.8 Å². The van der Waals surface area contributed by atoms with Crippen LogP contribution in [0, 0.1) is 0 Å². The number of carbonyl (C=O) groups is 2. The van der Waals surface area contributed by atoms with Crippen LogP contribution in [0.2, 0.25) is 0 Å². The zero-order valence-electron chi connectivity index (χ0n) is 12.4. The lowest BCUT2D eigenvalue weighted by molar-refractivity contribution is -0.132. The molecule has 0 saturated carbocycles. The van der Waals surface area contributed by atoms with Gasteiger partial charge in [0.1, 0.15) is 23.3 Å². The van der Waals surface area contributed by atoms with Crippen molar-refractivity contribution >= 4 is 56.7 Å². The third-order valence-corrected chi connectivity index (χ3v) is 3.92. The van der Waals surface area contributed by atoms with Crippen molar-refractivity contribution in [3.8, 4) is 11.5 Å². The summed E-state index contributed by atoms with van der Waals surface area (Å²) in [6, 6.07) is 14.4. The Bertz CT molecular complexity index is 804. The molecule has 0 atom stereocenters. The van der Waals surface area contributed by atoms with Gasteiger partial charge >= 0.3 is 11.9 Å². The molecule has 122 valence electrons. The van der Waals surface area contributed by atoms with Gasteiger partial charge in [-0.05, 0) is 0 Å². The Morgan fingerprint density at radius 3 is 1.21 bits per heavy atom. The Labute approximate surface area is 147 Å². The van der Waals surface area contributed by atoms with E-state index >= 15 is 0 Å². The number of alkyl halides is 2. The maximum atomic E-state index is 11.7. The Balaban J connectivity index is 2.36. The maximum Gasteiger partial charge on any atom is 0.326 e. The van der Waals surface area contributed by atoms with Crippen LogP contribution in [0.4, 0.5) is 0 Å². The highest BCUT2D eigenvalue weighted by molar-refractivity contribution is 6.27. The van der Waals surface area contributed by atoms with Crippen LogP contribution >= 0.6 is 23.2 Å². The van der Waals surface area contributed by atoms with Crippen molar-refractivity contribution in [2.45, 2.75) is 0 Å². The van der Waals surface area contributed by atoms with E-state index in [4.69, 9.17) is 32.7 Å². The number of rotatable bonds is 4. The smallest absolute Gasteiger partial charge is 0.326 e. The number of halogens is 2. The average molecular weight is 363 g/mol. The van der Waals surface area contributed by atoms with Crippen LogP contribution < -0.4 is 9.47 Å². The highest BCUT2D eigenvalue weighted by Gasteiger charge is 2.19. The first-order chi connectivity index (χ1) is 11.7. The first-order valence-corrected chi connectivity index (χ1v) is 8.19. The van der Waals surface area contributed by atoms with Crippen molar-refractivity contribution < 1.29 is 19.1 Å². The van der Waals surface area contributed by atoms with Crippen molar-refractivity contribution in [3.63, 3.8) is 0 Å². The Kier molecular flexibility index (Phi) is 4.88. The quantitative estimate of drug-likeness (QED) is 0.301. The number of fused-ring (bicyclic) bond motifs is 2. The third kappa shape index (κ3) is 3.03. The van der Waals surface area contributed by atoms with Gasteiger partial charge in [-0.25, -0.2) is 0 Å². The number of ether oxygens (including phenoxy) is 2. The molecule has 0 aromatic heterocycles. The molecule has 24 heavy (non-hydrogen) atoms. The number of hydrogen-bond acceptors (Lipinski definition) is 4. The topological polar surface area (TPSA) is 52.6 Å². The summed E-state index contributed by atoms with van der Waals surface area (Å²) in [5.41, 5.74) is 0. The van der Waals surface area contributed by atoms with Gasteiger partial charge in [-0.1, -0.05) is 48.5 Å². The van der Waals surface area contributed by atoms with E-state index in [0.717, 1.165) is 0 Å². The van der Waals surface area contributed by atoms with E-state index in [9.17, 15) is 9.59 Å². The van der Waals surface area contributed by atoms with Crippen LogP contribution in [0.5, 0.6) is 11.5 Å². The molecule has 0 heterocycles. The maximum absolute atomic E-state index is 11.7. The monoisotopic (exact) mass is 362 g/mol. The van der Waals surface area contributed by atoms with Gasteiger partial charge in [0.15, 0.2) is 0 Å². The summed E-state index contributed by atoms with van der Waals surface area (Å²) in [4.78, 5) is 23.4. The molecule has 0 aliphatic heterocycles. The van der Waals surface area contributed by atoms with E-state index in [1.165, 1.54) is 0 Å². The molecule has 0 N–H and O–H groups in total. The van der Waals surface area contributed by atoms with E-state index in [1.807, 2.05) is 24.3 Å². The summed E-state index contributed by atoms with van der Waals surface area (Å²) < 4.78 is 10.9. The van der Waals surface area contributed by atoms with E-state index < -0.39 is 11.9 Å².